The van der Waals surface area contributed by atoms with E-state index in [0.29, 0.717) is 18.7 Å². The minimum absolute atomic E-state index is 0.169. The summed E-state index contributed by atoms with van der Waals surface area (Å²) in [4.78, 5) is 29.4. The number of nitrogens with one attached hydrogen (secondary N) is 1. The Bertz CT molecular complexity index is 1400. The number of benzene rings is 3. The van der Waals surface area contributed by atoms with Crippen LogP contribution in [0.25, 0.3) is 0 Å². The molecule has 3 rings (SSSR count). The first-order valence-electron chi connectivity index (χ1n) is 14.1. The van der Waals surface area contributed by atoms with Gasteiger partial charge in [0, 0.05) is 19.5 Å². The fraction of sp³-hybridized carbons (Fsp3) is 0.394. The highest BCUT2D eigenvalue weighted by molar-refractivity contribution is 7.92. The molecule has 0 bridgehead atoms. The van der Waals surface area contributed by atoms with E-state index in [-0.39, 0.29) is 24.3 Å². The number of carbonyl (C=O) groups is 2. The van der Waals surface area contributed by atoms with Crippen molar-refractivity contribution in [3.05, 3.63) is 101 Å². The average molecular weight is 578 g/mol. The zero-order chi connectivity index (χ0) is 30.2. The van der Waals surface area contributed by atoms with E-state index < -0.39 is 28.5 Å². The molecule has 1 atom stereocenters. The lowest BCUT2D eigenvalue weighted by atomic mass is 10.0. The van der Waals surface area contributed by atoms with Crippen LogP contribution in [0, 0.1) is 12.8 Å². The molecule has 0 spiro atoms. The van der Waals surface area contributed by atoms with E-state index in [1.165, 1.54) is 4.90 Å². The van der Waals surface area contributed by atoms with Crippen LogP contribution in [0.15, 0.2) is 78.9 Å². The number of aryl methyl sites for hydroxylation is 1. The van der Waals surface area contributed by atoms with Crippen LogP contribution in [0.4, 0.5) is 5.69 Å². The molecule has 3 aromatic rings. The third-order valence-electron chi connectivity index (χ3n) is 7.08. The van der Waals surface area contributed by atoms with Gasteiger partial charge >= 0.3 is 0 Å². The Morgan fingerprint density at radius 2 is 1.46 bits per heavy atom. The lowest BCUT2D eigenvalue weighted by molar-refractivity contribution is -0.140. The van der Waals surface area contributed by atoms with Crippen molar-refractivity contribution < 1.29 is 18.0 Å². The normalized spacial score (nSPS) is 12.3. The lowest BCUT2D eigenvalue weighted by Gasteiger charge is -2.34. The second-order valence-electron chi connectivity index (χ2n) is 11.3. The minimum atomic E-state index is -3.80. The molecule has 41 heavy (non-hydrogen) atoms. The maximum absolute atomic E-state index is 14.2. The third kappa shape index (κ3) is 9.18. The molecule has 0 aliphatic carbocycles. The smallest absolute Gasteiger partial charge is 0.244 e. The minimum Gasteiger partial charge on any atom is -0.354 e. The molecular formula is C33H43N3O4S. The first-order chi connectivity index (χ1) is 19.4. The lowest BCUT2D eigenvalue weighted by Crippen LogP contribution is -2.53. The molecule has 3 aromatic carbocycles. The predicted octanol–water partition coefficient (Wildman–Crippen LogP) is 5.30. The van der Waals surface area contributed by atoms with E-state index >= 15 is 0 Å². The first kappa shape index (κ1) is 31.9. The van der Waals surface area contributed by atoms with Gasteiger partial charge in [-0.3, -0.25) is 13.9 Å². The van der Waals surface area contributed by atoms with Crippen molar-refractivity contribution in [3.63, 3.8) is 0 Å². The Kier molecular flexibility index (Phi) is 11.1. The van der Waals surface area contributed by atoms with Gasteiger partial charge in [0.1, 0.15) is 12.6 Å². The van der Waals surface area contributed by atoms with Gasteiger partial charge in [-0.25, -0.2) is 8.42 Å². The summed E-state index contributed by atoms with van der Waals surface area (Å²) in [6.45, 7) is 10.3. The summed E-state index contributed by atoms with van der Waals surface area (Å²) in [5.74, 6) is -0.208. The monoisotopic (exact) mass is 577 g/mol. The fourth-order valence-corrected chi connectivity index (χ4v) is 5.44. The van der Waals surface area contributed by atoms with Crippen LogP contribution in [0.2, 0.25) is 0 Å². The topological polar surface area (TPSA) is 86.8 Å². The molecule has 8 heteroatoms. The van der Waals surface area contributed by atoms with Crippen molar-refractivity contribution in [1.29, 1.82) is 0 Å². The maximum atomic E-state index is 14.2. The zero-order valence-corrected chi connectivity index (χ0v) is 25.8. The molecule has 0 aliphatic rings. The van der Waals surface area contributed by atoms with Crippen molar-refractivity contribution in [3.8, 4) is 0 Å². The number of rotatable bonds is 13. The van der Waals surface area contributed by atoms with Crippen molar-refractivity contribution in [2.75, 3.05) is 23.7 Å². The van der Waals surface area contributed by atoms with Crippen molar-refractivity contribution >= 4 is 27.5 Å². The zero-order valence-electron chi connectivity index (χ0n) is 25.0. The predicted molar refractivity (Wildman–Crippen MR) is 166 cm³/mol. The summed E-state index contributed by atoms with van der Waals surface area (Å²) in [6, 6.07) is 23.7. The highest BCUT2D eigenvalue weighted by atomic mass is 32.2. The SMILES string of the molecule is Cc1ccccc1CN(C(=O)CN(c1ccc(C(C)C)cc1)S(C)(=O)=O)C(Cc1ccccc1)C(=O)NCC(C)C. The average Bonchev–Trinajstić information content (AvgIpc) is 2.93. The molecule has 0 radical (unpaired) electrons. The number of anilines is 1. The third-order valence-corrected chi connectivity index (χ3v) is 8.23. The summed E-state index contributed by atoms with van der Waals surface area (Å²) in [5, 5.41) is 3.01. The van der Waals surface area contributed by atoms with Gasteiger partial charge in [-0.05, 0) is 53.1 Å². The molecule has 220 valence electrons. The Labute approximate surface area is 245 Å². The van der Waals surface area contributed by atoms with Crippen molar-refractivity contribution in [2.45, 2.75) is 59.5 Å². The first-order valence-corrected chi connectivity index (χ1v) is 15.9. The van der Waals surface area contributed by atoms with E-state index in [2.05, 4.69) is 19.2 Å². The molecule has 1 unspecified atom stereocenters. The van der Waals surface area contributed by atoms with Gasteiger partial charge in [0.15, 0.2) is 0 Å². The van der Waals surface area contributed by atoms with Crippen LogP contribution in [-0.4, -0.2) is 50.5 Å². The number of sulfonamides is 1. The summed E-state index contributed by atoms with van der Waals surface area (Å²) in [6.07, 6.45) is 1.39. The molecule has 1 N–H and O–H groups in total. The van der Waals surface area contributed by atoms with Gasteiger partial charge in [0.25, 0.3) is 0 Å². The van der Waals surface area contributed by atoms with E-state index in [1.54, 1.807) is 12.1 Å². The summed E-state index contributed by atoms with van der Waals surface area (Å²) in [7, 11) is -3.80. The quantitative estimate of drug-likeness (QED) is 0.299. The van der Waals surface area contributed by atoms with Gasteiger partial charge in [0.05, 0.1) is 11.9 Å². The van der Waals surface area contributed by atoms with Gasteiger partial charge in [-0.1, -0.05) is 94.4 Å². The Balaban J connectivity index is 2.05. The van der Waals surface area contributed by atoms with Crippen molar-refractivity contribution in [1.82, 2.24) is 10.2 Å². The highest BCUT2D eigenvalue weighted by Gasteiger charge is 2.33. The van der Waals surface area contributed by atoms with E-state index in [1.807, 2.05) is 87.5 Å². The second-order valence-corrected chi connectivity index (χ2v) is 13.2. The van der Waals surface area contributed by atoms with Crippen LogP contribution < -0.4 is 9.62 Å². The van der Waals surface area contributed by atoms with E-state index in [9.17, 15) is 18.0 Å². The summed E-state index contributed by atoms with van der Waals surface area (Å²) in [5.41, 5.74) is 4.26. The fourth-order valence-electron chi connectivity index (χ4n) is 4.59. The van der Waals surface area contributed by atoms with Gasteiger partial charge in [-0.15, -0.1) is 0 Å². The maximum Gasteiger partial charge on any atom is 0.244 e. The molecule has 0 fully saturated rings. The standard InChI is InChI=1S/C33H43N3O4S/c1-24(2)21-34-33(38)31(20-27-13-8-7-9-14-27)35(22-29-15-11-10-12-26(29)5)32(37)23-36(41(6,39)40)30-18-16-28(17-19-30)25(3)4/h7-19,24-25,31H,20-23H2,1-6H3,(H,34,38). The van der Waals surface area contributed by atoms with Crippen LogP contribution in [-0.2, 0) is 32.6 Å². The molecule has 0 aromatic heterocycles. The highest BCUT2D eigenvalue weighted by Crippen LogP contribution is 2.24. The molecule has 0 heterocycles. The second kappa shape index (κ2) is 14.3. The van der Waals surface area contributed by atoms with E-state index in [4.69, 9.17) is 0 Å². The number of carbonyl (C=O) groups excluding carboxylic acids is 2. The molecule has 0 saturated heterocycles. The summed E-state index contributed by atoms with van der Waals surface area (Å²) >= 11 is 0. The van der Waals surface area contributed by atoms with Crippen LogP contribution >= 0.6 is 0 Å². The Morgan fingerprint density at radius 3 is 2.02 bits per heavy atom. The van der Waals surface area contributed by atoms with E-state index in [0.717, 1.165) is 32.8 Å². The van der Waals surface area contributed by atoms with Crippen LogP contribution in [0.1, 0.15) is 55.9 Å². The molecule has 0 saturated carbocycles. The number of hydrogen-bond acceptors (Lipinski definition) is 4. The largest absolute Gasteiger partial charge is 0.354 e. The number of hydrogen-bond donors (Lipinski definition) is 1. The van der Waals surface area contributed by atoms with Crippen LogP contribution in [0.5, 0.6) is 0 Å². The van der Waals surface area contributed by atoms with Crippen LogP contribution in [0.3, 0.4) is 0 Å². The summed E-state index contributed by atoms with van der Waals surface area (Å²) < 4.78 is 27.1. The Hall–Kier alpha value is -3.65. The molecule has 2 amide bonds. The van der Waals surface area contributed by atoms with Gasteiger partial charge < -0.3 is 10.2 Å². The molecule has 7 nitrogen and oxygen atoms in total. The van der Waals surface area contributed by atoms with Crippen molar-refractivity contribution in [2.24, 2.45) is 5.92 Å². The number of amides is 2. The molecule has 0 aliphatic heterocycles. The van der Waals surface area contributed by atoms with Gasteiger partial charge in [-0.2, -0.15) is 0 Å². The Morgan fingerprint density at radius 1 is 0.854 bits per heavy atom. The van der Waals surface area contributed by atoms with Gasteiger partial charge in [0.2, 0.25) is 21.8 Å². The number of nitrogens with zero attached hydrogens (tertiary/aromatic N) is 2. The molecular weight excluding hydrogens is 534 g/mol.